The van der Waals surface area contributed by atoms with Gasteiger partial charge in [0.1, 0.15) is 0 Å². The molecule has 0 amide bonds. The Morgan fingerprint density at radius 1 is 1.37 bits per heavy atom. The summed E-state index contributed by atoms with van der Waals surface area (Å²) in [5.41, 5.74) is 1.21. The summed E-state index contributed by atoms with van der Waals surface area (Å²) in [6, 6.07) is 4.68. The highest BCUT2D eigenvalue weighted by molar-refractivity contribution is 9.10. The molecular formula is C14H18BrNO3. The van der Waals surface area contributed by atoms with Crippen LogP contribution in [0.4, 0.5) is 0 Å². The van der Waals surface area contributed by atoms with Gasteiger partial charge in [-0.1, -0.05) is 0 Å². The molecule has 1 fully saturated rings. The largest absolute Gasteiger partial charge is 0.454 e. The average Bonchev–Trinajstić information content (AvgIpc) is 3.05. The second-order valence-electron chi connectivity index (χ2n) is 5.06. The maximum Gasteiger partial charge on any atom is 0.231 e. The number of hydrogen-bond donors (Lipinski definition) is 1. The van der Waals surface area contributed by atoms with Crippen molar-refractivity contribution in [3.05, 3.63) is 22.2 Å². The zero-order valence-electron chi connectivity index (χ0n) is 10.9. The predicted octanol–water partition coefficient (Wildman–Crippen LogP) is 2.83. The van der Waals surface area contributed by atoms with E-state index >= 15 is 0 Å². The smallest absolute Gasteiger partial charge is 0.231 e. The van der Waals surface area contributed by atoms with Gasteiger partial charge in [-0.3, -0.25) is 0 Å². The first-order chi connectivity index (χ1) is 9.26. The third-order valence-corrected chi connectivity index (χ3v) is 4.39. The van der Waals surface area contributed by atoms with Crippen LogP contribution in [0.5, 0.6) is 11.5 Å². The Balaban J connectivity index is 1.60. The van der Waals surface area contributed by atoms with Crippen molar-refractivity contribution in [2.45, 2.75) is 38.0 Å². The number of methoxy groups -OCH3 is 1. The van der Waals surface area contributed by atoms with Crippen LogP contribution in [0.25, 0.3) is 0 Å². The fourth-order valence-electron chi connectivity index (χ4n) is 2.72. The highest BCUT2D eigenvalue weighted by atomic mass is 79.9. The minimum Gasteiger partial charge on any atom is -0.454 e. The topological polar surface area (TPSA) is 39.7 Å². The minimum absolute atomic E-state index is 0.308. The Morgan fingerprint density at radius 2 is 2.26 bits per heavy atom. The summed E-state index contributed by atoms with van der Waals surface area (Å²) in [5.74, 6) is 1.64. The summed E-state index contributed by atoms with van der Waals surface area (Å²) in [6.07, 6.45) is 3.85. The molecule has 1 aliphatic carbocycles. The number of fused-ring (bicyclic) bond motifs is 1. The normalized spacial score (nSPS) is 24.9. The lowest BCUT2D eigenvalue weighted by Crippen LogP contribution is -2.26. The lowest BCUT2D eigenvalue weighted by Gasteiger charge is -2.13. The van der Waals surface area contributed by atoms with Crippen LogP contribution in [-0.4, -0.2) is 26.0 Å². The first-order valence-electron chi connectivity index (χ1n) is 6.60. The van der Waals surface area contributed by atoms with E-state index in [-0.39, 0.29) is 0 Å². The van der Waals surface area contributed by atoms with Gasteiger partial charge in [0, 0.05) is 19.7 Å². The molecule has 1 aromatic rings. The number of benzene rings is 1. The molecule has 0 saturated heterocycles. The Hall–Kier alpha value is -0.780. The van der Waals surface area contributed by atoms with Gasteiger partial charge in [-0.25, -0.2) is 0 Å². The monoisotopic (exact) mass is 327 g/mol. The van der Waals surface area contributed by atoms with Crippen molar-refractivity contribution in [3.63, 3.8) is 0 Å². The van der Waals surface area contributed by atoms with Gasteiger partial charge in [-0.15, -0.1) is 0 Å². The van der Waals surface area contributed by atoms with Crippen molar-refractivity contribution in [3.8, 4) is 11.5 Å². The van der Waals surface area contributed by atoms with Gasteiger partial charge >= 0.3 is 0 Å². The number of nitrogens with one attached hydrogen (secondary N) is 1. The molecule has 19 heavy (non-hydrogen) atoms. The molecule has 1 heterocycles. The van der Waals surface area contributed by atoms with E-state index in [1.807, 2.05) is 6.07 Å². The summed E-state index contributed by atoms with van der Waals surface area (Å²) >= 11 is 3.52. The van der Waals surface area contributed by atoms with Crippen molar-refractivity contribution >= 4 is 15.9 Å². The highest BCUT2D eigenvalue weighted by Crippen LogP contribution is 2.40. The van der Waals surface area contributed by atoms with Crippen LogP contribution in [0.1, 0.15) is 24.8 Å². The first-order valence-corrected chi connectivity index (χ1v) is 7.40. The molecule has 2 atom stereocenters. The van der Waals surface area contributed by atoms with E-state index in [4.69, 9.17) is 14.2 Å². The first kappa shape index (κ1) is 13.2. The van der Waals surface area contributed by atoms with Gasteiger partial charge in [0.25, 0.3) is 0 Å². The van der Waals surface area contributed by atoms with Gasteiger partial charge in [0.05, 0.1) is 10.6 Å². The molecule has 5 heteroatoms. The Kier molecular flexibility index (Phi) is 3.96. The number of hydrogen-bond acceptors (Lipinski definition) is 4. The van der Waals surface area contributed by atoms with E-state index in [9.17, 15) is 0 Å². The molecule has 1 N–H and O–H groups in total. The molecule has 1 aliphatic heterocycles. The zero-order valence-corrected chi connectivity index (χ0v) is 12.5. The number of rotatable bonds is 4. The van der Waals surface area contributed by atoms with Crippen LogP contribution in [0.2, 0.25) is 0 Å². The van der Waals surface area contributed by atoms with Crippen molar-refractivity contribution < 1.29 is 14.2 Å². The molecule has 2 unspecified atom stereocenters. The third kappa shape index (κ3) is 2.88. The Labute approximate surface area is 121 Å². The molecule has 104 valence electrons. The van der Waals surface area contributed by atoms with Crippen LogP contribution in [0, 0.1) is 0 Å². The van der Waals surface area contributed by atoms with Crippen molar-refractivity contribution in [2.24, 2.45) is 0 Å². The van der Waals surface area contributed by atoms with Gasteiger partial charge in [0.2, 0.25) is 6.79 Å². The fourth-order valence-corrected chi connectivity index (χ4v) is 3.33. The Bertz CT molecular complexity index is 466. The number of halogens is 1. The van der Waals surface area contributed by atoms with Crippen LogP contribution >= 0.6 is 15.9 Å². The van der Waals surface area contributed by atoms with Gasteiger partial charge in [-0.05, 0) is 52.9 Å². The molecule has 0 radical (unpaired) electrons. The second-order valence-corrected chi connectivity index (χ2v) is 5.91. The van der Waals surface area contributed by atoms with Crippen molar-refractivity contribution in [1.29, 1.82) is 0 Å². The molecule has 4 nitrogen and oxygen atoms in total. The second kappa shape index (κ2) is 5.69. The minimum atomic E-state index is 0.308. The summed E-state index contributed by atoms with van der Waals surface area (Å²) in [5, 5.41) is 3.58. The van der Waals surface area contributed by atoms with Crippen LogP contribution in [0.15, 0.2) is 16.6 Å². The van der Waals surface area contributed by atoms with E-state index in [2.05, 4.69) is 27.3 Å². The molecule has 0 spiro atoms. The molecular weight excluding hydrogens is 310 g/mol. The lowest BCUT2D eigenvalue weighted by molar-refractivity contribution is 0.107. The molecule has 1 saturated carbocycles. The molecule has 0 aromatic heterocycles. The van der Waals surface area contributed by atoms with E-state index in [0.717, 1.165) is 35.4 Å². The molecule has 0 bridgehead atoms. The Morgan fingerprint density at radius 3 is 3.05 bits per heavy atom. The molecule has 3 rings (SSSR count). The maximum absolute atomic E-state index is 5.43. The van der Waals surface area contributed by atoms with E-state index in [0.29, 0.717) is 18.9 Å². The summed E-state index contributed by atoms with van der Waals surface area (Å²) in [4.78, 5) is 0. The number of ether oxygens (including phenoxy) is 3. The quantitative estimate of drug-likeness (QED) is 0.923. The standard InChI is InChI=1S/C14H18BrNO3/c1-17-11-3-2-10(6-11)16-7-9-4-12(15)14-13(5-9)18-8-19-14/h4-5,10-11,16H,2-3,6-8H2,1H3. The zero-order chi connectivity index (χ0) is 13.2. The van der Waals surface area contributed by atoms with Gasteiger partial charge in [0.15, 0.2) is 11.5 Å². The summed E-state index contributed by atoms with van der Waals surface area (Å²) < 4.78 is 17.2. The van der Waals surface area contributed by atoms with Gasteiger partial charge in [-0.2, -0.15) is 0 Å². The SMILES string of the molecule is COC1CCC(NCc2cc(Br)c3c(c2)OCO3)C1. The maximum atomic E-state index is 5.43. The van der Waals surface area contributed by atoms with E-state index in [1.54, 1.807) is 7.11 Å². The third-order valence-electron chi connectivity index (χ3n) is 3.80. The van der Waals surface area contributed by atoms with Crippen LogP contribution in [0.3, 0.4) is 0 Å². The predicted molar refractivity (Wildman–Crippen MR) is 75.5 cm³/mol. The van der Waals surface area contributed by atoms with Gasteiger partial charge < -0.3 is 19.5 Å². The van der Waals surface area contributed by atoms with Crippen molar-refractivity contribution in [1.82, 2.24) is 5.32 Å². The lowest BCUT2D eigenvalue weighted by atomic mass is 10.1. The fraction of sp³-hybridized carbons (Fsp3) is 0.571. The van der Waals surface area contributed by atoms with Crippen LogP contribution < -0.4 is 14.8 Å². The van der Waals surface area contributed by atoms with E-state index < -0.39 is 0 Å². The van der Waals surface area contributed by atoms with E-state index in [1.165, 1.54) is 12.0 Å². The summed E-state index contributed by atoms with van der Waals surface area (Å²) in [6.45, 7) is 1.15. The molecule has 2 aliphatic rings. The summed E-state index contributed by atoms with van der Waals surface area (Å²) in [7, 11) is 1.79. The molecule has 1 aromatic carbocycles. The highest BCUT2D eigenvalue weighted by Gasteiger charge is 2.24. The van der Waals surface area contributed by atoms with Crippen molar-refractivity contribution in [2.75, 3.05) is 13.9 Å². The average molecular weight is 328 g/mol. The van der Waals surface area contributed by atoms with Crippen LogP contribution in [-0.2, 0) is 11.3 Å².